The average Bonchev–Trinajstić information content (AvgIpc) is 2.68. The van der Waals surface area contributed by atoms with Gasteiger partial charge in [0.2, 0.25) is 0 Å². The molecule has 1 rings (SSSR count). The minimum absolute atomic E-state index is 0.550. The molecule has 0 amide bonds. The molecule has 0 radical (unpaired) electrons. The fraction of sp³-hybridized carbons (Fsp3) is 0.600. The van der Waals surface area contributed by atoms with Gasteiger partial charge >= 0.3 is 0 Å². The van der Waals surface area contributed by atoms with Crippen molar-refractivity contribution in [2.75, 3.05) is 25.0 Å². The van der Waals surface area contributed by atoms with Crippen LogP contribution >= 0.6 is 11.3 Å². The summed E-state index contributed by atoms with van der Waals surface area (Å²) in [6.07, 6.45) is 0.550. The third kappa shape index (κ3) is 3.50. The standard InChI is InChI=1S/C10H16N4S/c1-3-14(6-4-5-11)10-13-9(7-12-2)8-15-10/h8,12H,3-4,6-7H2,1-2H3. The summed E-state index contributed by atoms with van der Waals surface area (Å²) in [7, 11) is 1.91. The molecule has 0 fully saturated rings. The van der Waals surface area contributed by atoms with Crippen LogP contribution < -0.4 is 10.2 Å². The second-order valence-corrected chi connectivity index (χ2v) is 3.98. The lowest BCUT2D eigenvalue weighted by Crippen LogP contribution is -2.23. The maximum Gasteiger partial charge on any atom is 0.185 e. The predicted molar refractivity (Wildman–Crippen MR) is 63.0 cm³/mol. The van der Waals surface area contributed by atoms with Crippen molar-refractivity contribution in [1.29, 1.82) is 5.26 Å². The fourth-order valence-electron chi connectivity index (χ4n) is 1.28. The van der Waals surface area contributed by atoms with Crippen LogP contribution in [0.1, 0.15) is 19.0 Å². The Kier molecular flexibility index (Phi) is 5.08. The van der Waals surface area contributed by atoms with Crippen molar-refractivity contribution in [2.24, 2.45) is 0 Å². The van der Waals surface area contributed by atoms with Gasteiger partial charge < -0.3 is 10.2 Å². The predicted octanol–water partition coefficient (Wildman–Crippen LogP) is 1.60. The van der Waals surface area contributed by atoms with Crippen molar-refractivity contribution in [3.05, 3.63) is 11.1 Å². The van der Waals surface area contributed by atoms with Gasteiger partial charge in [0.05, 0.1) is 18.2 Å². The maximum absolute atomic E-state index is 8.54. The van der Waals surface area contributed by atoms with Gasteiger partial charge in [-0.05, 0) is 14.0 Å². The van der Waals surface area contributed by atoms with Crippen LogP contribution in [0.5, 0.6) is 0 Å². The molecular weight excluding hydrogens is 208 g/mol. The van der Waals surface area contributed by atoms with Crippen LogP contribution in [-0.2, 0) is 6.54 Å². The van der Waals surface area contributed by atoms with Crippen molar-refractivity contribution in [3.63, 3.8) is 0 Å². The summed E-state index contributed by atoms with van der Waals surface area (Å²) >= 11 is 1.64. The molecule has 0 bridgehead atoms. The molecule has 15 heavy (non-hydrogen) atoms. The van der Waals surface area contributed by atoms with Gasteiger partial charge in [-0.15, -0.1) is 11.3 Å². The molecule has 4 nitrogen and oxygen atoms in total. The van der Waals surface area contributed by atoms with Crippen molar-refractivity contribution in [3.8, 4) is 6.07 Å². The highest BCUT2D eigenvalue weighted by Gasteiger charge is 2.08. The van der Waals surface area contributed by atoms with E-state index in [0.29, 0.717) is 6.42 Å². The number of rotatable bonds is 6. The Bertz CT molecular complexity index is 328. The Labute approximate surface area is 94.5 Å². The highest BCUT2D eigenvalue weighted by atomic mass is 32.1. The van der Waals surface area contributed by atoms with E-state index in [4.69, 9.17) is 5.26 Å². The Hall–Kier alpha value is -1.12. The first-order valence-electron chi connectivity index (χ1n) is 5.02. The van der Waals surface area contributed by atoms with Crippen molar-refractivity contribution < 1.29 is 0 Å². The Morgan fingerprint density at radius 1 is 1.67 bits per heavy atom. The number of anilines is 1. The van der Waals surface area contributed by atoms with Crippen LogP contribution in [0.4, 0.5) is 5.13 Å². The summed E-state index contributed by atoms with van der Waals surface area (Å²) in [6.45, 7) is 4.54. The fourth-order valence-corrected chi connectivity index (χ4v) is 2.19. The van der Waals surface area contributed by atoms with Gasteiger partial charge in [-0.1, -0.05) is 0 Å². The van der Waals surface area contributed by atoms with Gasteiger partial charge in [-0.25, -0.2) is 4.98 Å². The molecule has 82 valence electrons. The van der Waals surface area contributed by atoms with E-state index in [9.17, 15) is 0 Å². The largest absolute Gasteiger partial charge is 0.347 e. The van der Waals surface area contributed by atoms with E-state index < -0.39 is 0 Å². The molecule has 1 aromatic rings. The Balaban J connectivity index is 2.61. The van der Waals surface area contributed by atoms with Gasteiger partial charge in [0, 0.05) is 25.0 Å². The molecule has 1 N–H and O–H groups in total. The minimum atomic E-state index is 0.550. The number of hydrogen-bond donors (Lipinski definition) is 1. The second kappa shape index (κ2) is 6.38. The molecule has 0 unspecified atom stereocenters. The topological polar surface area (TPSA) is 52.0 Å². The molecule has 0 saturated heterocycles. The highest BCUT2D eigenvalue weighted by molar-refractivity contribution is 7.13. The lowest BCUT2D eigenvalue weighted by atomic mass is 10.4. The van der Waals surface area contributed by atoms with Gasteiger partial charge in [0.15, 0.2) is 5.13 Å². The minimum Gasteiger partial charge on any atom is -0.347 e. The summed E-state index contributed by atoms with van der Waals surface area (Å²) in [5, 5.41) is 14.7. The summed E-state index contributed by atoms with van der Waals surface area (Å²) in [5.41, 5.74) is 1.06. The van der Waals surface area contributed by atoms with E-state index in [1.807, 2.05) is 7.05 Å². The van der Waals surface area contributed by atoms with Crippen molar-refractivity contribution in [2.45, 2.75) is 19.9 Å². The second-order valence-electron chi connectivity index (χ2n) is 3.14. The molecule has 1 heterocycles. The first-order chi connectivity index (χ1) is 7.31. The number of hydrogen-bond acceptors (Lipinski definition) is 5. The third-order valence-electron chi connectivity index (χ3n) is 2.04. The maximum atomic E-state index is 8.54. The number of nitriles is 1. The molecule has 0 spiro atoms. The Morgan fingerprint density at radius 2 is 2.47 bits per heavy atom. The number of aromatic nitrogens is 1. The van der Waals surface area contributed by atoms with Crippen LogP contribution in [0.3, 0.4) is 0 Å². The van der Waals surface area contributed by atoms with Gasteiger partial charge in [0.25, 0.3) is 0 Å². The molecule has 5 heteroatoms. The molecule has 1 aromatic heterocycles. The molecule has 0 saturated carbocycles. The average molecular weight is 224 g/mol. The summed E-state index contributed by atoms with van der Waals surface area (Å²) in [6, 6.07) is 2.16. The summed E-state index contributed by atoms with van der Waals surface area (Å²) in [4.78, 5) is 6.63. The SMILES string of the molecule is CCN(CCC#N)c1nc(CNC)cs1. The summed E-state index contributed by atoms with van der Waals surface area (Å²) in [5.74, 6) is 0. The molecular formula is C10H16N4S. The van der Waals surface area contributed by atoms with E-state index in [-0.39, 0.29) is 0 Å². The zero-order chi connectivity index (χ0) is 11.1. The van der Waals surface area contributed by atoms with Crippen LogP contribution in [0.25, 0.3) is 0 Å². The molecule has 0 atom stereocenters. The monoisotopic (exact) mass is 224 g/mol. The van der Waals surface area contributed by atoms with Crippen LogP contribution in [0.15, 0.2) is 5.38 Å². The van der Waals surface area contributed by atoms with Gasteiger partial charge in [-0.3, -0.25) is 0 Å². The quantitative estimate of drug-likeness (QED) is 0.797. The number of nitrogens with zero attached hydrogens (tertiary/aromatic N) is 3. The highest BCUT2D eigenvalue weighted by Crippen LogP contribution is 2.20. The molecule has 0 aliphatic carbocycles. The van der Waals surface area contributed by atoms with Crippen LogP contribution in [0, 0.1) is 11.3 Å². The van der Waals surface area contributed by atoms with Crippen LogP contribution in [0.2, 0.25) is 0 Å². The third-order valence-corrected chi connectivity index (χ3v) is 2.99. The molecule has 0 aliphatic heterocycles. The lowest BCUT2D eigenvalue weighted by Gasteiger charge is -2.17. The first kappa shape index (κ1) is 12.0. The van der Waals surface area contributed by atoms with Crippen molar-refractivity contribution >= 4 is 16.5 Å². The van der Waals surface area contributed by atoms with E-state index in [1.54, 1.807) is 11.3 Å². The lowest BCUT2D eigenvalue weighted by molar-refractivity contribution is 0.782. The summed E-state index contributed by atoms with van der Waals surface area (Å²) < 4.78 is 0. The van der Waals surface area contributed by atoms with Gasteiger partial charge in [0.1, 0.15) is 0 Å². The molecule has 0 aliphatic rings. The van der Waals surface area contributed by atoms with E-state index >= 15 is 0 Å². The first-order valence-corrected chi connectivity index (χ1v) is 5.90. The Morgan fingerprint density at radius 3 is 3.07 bits per heavy atom. The zero-order valence-electron chi connectivity index (χ0n) is 9.16. The zero-order valence-corrected chi connectivity index (χ0v) is 9.97. The van der Waals surface area contributed by atoms with E-state index in [0.717, 1.165) is 30.5 Å². The van der Waals surface area contributed by atoms with E-state index in [1.165, 1.54) is 0 Å². The smallest absolute Gasteiger partial charge is 0.185 e. The van der Waals surface area contributed by atoms with E-state index in [2.05, 4.69) is 33.6 Å². The van der Waals surface area contributed by atoms with Crippen molar-refractivity contribution in [1.82, 2.24) is 10.3 Å². The normalized spacial score (nSPS) is 9.93. The molecule has 0 aromatic carbocycles. The van der Waals surface area contributed by atoms with Crippen LogP contribution in [-0.4, -0.2) is 25.1 Å². The number of thiazole rings is 1. The van der Waals surface area contributed by atoms with Gasteiger partial charge in [-0.2, -0.15) is 5.26 Å². The number of nitrogens with one attached hydrogen (secondary N) is 1.